The first-order chi connectivity index (χ1) is 8.31. The summed E-state index contributed by atoms with van der Waals surface area (Å²) in [5, 5.41) is 3.22. The minimum absolute atomic E-state index is 0.676. The molecule has 0 saturated heterocycles. The number of rotatable bonds is 3. The maximum absolute atomic E-state index is 4.86. The van der Waals surface area contributed by atoms with Gasteiger partial charge in [0.25, 0.3) is 0 Å². The third-order valence-electron chi connectivity index (χ3n) is 3.78. The Labute approximate surface area is 102 Å². The molecule has 2 aromatic heterocycles. The Hall–Kier alpha value is -1.35. The number of imidazole rings is 1. The van der Waals surface area contributed by atoms with Crippen LogP contribution >= 0.6 is 0 Å². The molecule has 0 unspecified atom stereocenters. The predicted molar refractivity (Wildman–Crippen MR) is 69.3 cm³/mol. The highest BCUT2D eigenvalue weighted by Crippen LogP contribution is 2.36. The molecule has 1 N–H and O–H groups in total. The SMILES string of the molecule is CNCc1nc(C2CCC2)n2cccc(C)c12. The van der Waals surface area contributed by atoms with Crippen molar-refractivity contribution in [1.29, 1.82) is 0 Å². The minimum atomic E-state index is 0.676. The summed E-state index contributed by atoms with van der Waals surface area (Å²) in [6, 6.07) is 4.29. The van der Waals surface area contributed by atoms with Gasteiger partial charge in [0.05, 0.1) is 11.2 Å². The molecule has 0 spiro atoms. The number of aromatic nitrogens is 2. The summed E-state index contributed by atoms with van der Waals surface area (Å²) in [7, 11) is 1.98. The molecule has 2 heterocycles. The summed E-state index contributed by atoms with van der Waals surface area (Å²) in [6.07, 6.45) is 6.10. The molecule has 0 aromatic carbocycles. The van der Waals surface area contributed by atoms with Gasteiger partial charge >= 0.3 is 0 Å². The Morgan fingerprint density at radius 3 is 2.94 bits per heavy atom. The van der Waals surface area contributed by atoms with Crippen LogP contribution in [-0.4, -0.2) is 16.4 Å². The van der Waals surface area contributed by atoms with Gasteiger partial charge in [0, 0.05) is 18.7 Å². The van der Waals surface area contributed by atoms with Crippen LogP contribution in [0, 0.1) is 6.92 Å². The number of hydrogen-bond acceptors (Lipinski definition) is 2. The maximum Gasteiger partial charge on any atom is 0.116 e. The summed E-state index contributed by atoms with van der Waals surface area (Å²) in [5.41, 5.74) is 3.80. The molecular weight excluding hydrogens is 210 g/mol. The van der Waals surface area contributed by atoms with E-state index in [0.29, 0.717) is 5.92 Å². The lowest BCUT2D eigenvalue weighted by Crippen LogP contribution is -2.12. The Kier molecular flexibility index (Phi) is 2.63. The highest BCUT2D eigenvalue weighted by Gasteiger charge is 2.25. The van der Waals surface area contributed by atoms with Crippen molar-refractivity contribution in [2.24, 2.45) is 0 Å². The van der Waals surface area contributed by atoms with Crippen LogP contribution < -0.4 is 5.32 Å². The Morgan fingerprint density at radius 2 is 2.29 bits per heavy atom. The average molecular weight is 229 g/mol. The van der Waals surface area contributed by atoms with Gasteiger partial charge in [-0.25, -0.2) is 4.98 Å². The number of hydrogen-bond donors (Lipinski definition) is 1. The Bertz CT molecular complexity index is 538. The lowest BCUT2D eigenvalue weighted by Gasteiger charge is -2.24. The van der Waals surface area contributed by atoms with Gasteiger partial charge in [0.2, 0.25) is 0 Å². The fourth-order valence-electron chi connectivity index (χ4n) is 2.66. The Morgan fingerprint density at radius 1 is 1.47 bits per heavy atom. The van der Waals surface area contributed by atoms with Crippen molar-refractivity contribution in [2.75, 3.05) is 7.05 Å². The molecule has 17 heavy (non-hydrogen) atoms. The molecule has 1 fully saturated rings. The molecule has 1 aliphatic carbocycles. The smallest absolute Gasteiger partial charge is 0.116 e. The first kappa shape index (κ1) is 10.8. The normalized spacial score (nSPS) is 16.4. The van der Waals surface area contributed by atoms with Crippen LogP contribution in [-0.2, 0) is 6.54 Å². The number of nitrogens with one attached hydrogen (secondary N) is 1. The van der Waals surface area contributed by atoms with Crippen LogP contribution in [0.25, 0.3) is 5.52 Å². The standard InChI is InChI=1S/C14H19N3/c1-10-5-4-8-17-13(10)12(9-15-2)16-14(17)11-6-3-7-11/h4-5,8,11,15H,3,6-7,9H2,1-2H3. The van der Waals surface area contributed by atoms with Gasteiger partial charge < -0.3 is 9.72 Å². The second-order valence-electron chi connectivity index (χ2n) is 4.98. The molecule has 0 amide bonds. The highest BCUT2D eigenvalue weighted by atomic mass is 15.0. The number of pyridine rings is 1. The van der Waals surface area contributed by atoms with Gasteiger partial charge in [-0.2, -0.15) is 0 Å². The largest absolute Gasteiger partial charge is 0.314 e. The van der Waals surface area contributed by atoms with Crippen LogP contribution in [0.4, 0.5) is 0 Å². The number of aryl methyl sites for hydroxylation is 1. The van der Waals surface area contributed by atoms with E-state index in [2.05, 4.69) is 35.0 Å². The molecule has 1 aliphatic rings. The van der Waals surface area contributed by atoms with E-state index in [-0.39, 0.29) is 0 Å². The molecule has 3 nitrogen and oxygen atoms in total. The van der Waals surface area contributed by atoms with Gasteiger partial charge in [0.15, 0.2) is 0 Å². The van der Waals surface area contributed by atoms with Crippen molar-refractivity contribution in [3.8, 4) is 0 Å². The fraction of sp³-hybridized carbons (Fsp3) is 0.500. The van der Waals surface area contributed by atoms with E-state index >= 15 is 0 Å². The third-order valence-corrected chi connectivity index (χ3v) is 3.78. The number of nitrogens with zero attached hydrogens (tertiary/aromatic N) is 2. The van der Waals surface area contributed by atoms with E-state index in [1.165, 1.54) is 41.9 Å². The van der Waals surface area contributed by atoms with Crippen LogP contribution in [0.1, 0.15) is 42.3 Å². The van der Waals surface area contributed by atoms with Crippen molar-refractivity contribution in [1.82, 2.24) is 14.7 Å². The van der Waals surface area contributed by atoms with E-state index in [1.54, 1.807) is 0 Å². The lowest BCUT2D eigenvalue weighted by molar-refractivity contribution is 0.400. The monoisotopic (exact) mass is 229 g/mol. The quantitative estimate of drug-likeness (QED) is 0.876. The van der Waals surface area contributed by atoms with E-state index in [4.69, 9.17) is 4.98 Å². The minimum Gasteiger partial charge on any atom is -0.314 e. The van der Waals surface area contributed by atoms with Crippen LogP contribution in [0.3, 0.4) is 0 Å². The summed E-state index contributed by atoms with van der Waals surface area (Å²) < 4.78 is 2.30. The van der Waals surface area contributed by atoms with Crippen LogP contribution in [0.2, 0.25) is 0 Å². The van der Waals surface area contributed by atoms with Gasteiger partial charge in [-0.15, -0.1) is 0 Å². The van der Waals surface area contributed by atoms with Gasteiger partial charge in [-0.05, 0) is 38.4 Å². The topological polar surface area (TPSA) is 29.3 Å². The third kappa shape index (κ3) is 1.65. The molecular formula is C14H19N3. The summed E-state index contributed by atoms with van der Waals surface area (Å²) in [4.78, 5) is 4.86. The average Bonchev–Trinajstić information content (AvgIpc) is 2.57. The summed E-state index contributed by atoms with van der Waals surface area (Å²) in [5.74, 6) is 1.94. The zero-order chi connectivity index (χ0) is 11.8. The van der Waals surface area contributed by atoms with E-state index in [1.807, 2.05) is 7.05 Å². The van der Waals surface area contributed by atoms with Gasteiger partial charge in [-0.1, -0.05) is 12.5 Å². The molecule has 3 rings (SSSR count). The molecule has 0 atom stereocenters. The predicted octanol–water partition coefficient (Wildman–Crippen LogP) is 2.63. The van der Waals surface area contributed by atoms with Crippen molar-refractivity contribution < 1.29 is 0 Å². The first-order valence-corrected chi connectivity index (χ1v) is 6.42. The molecule has 1 saturated carbocycles. The van der Waals surface area contributed by atoms with Crippen molar-refractivity contribution in [3.63, 3.8) is 0 Å². The van der Waals surface area contributed by atoms with Crippen LogP contribution in [0.5, 0.6) is 0 Å². The number of fused-ring (bicyclic) bond motifs is 1. The maximum atomic E-state index is 4.86. The van der Waals surface area contributed by atoms with E-state index in [9.17, 15) is 0 Å². The zero-order valence-corrected chi connectivity index (χ0v) is 10.5. The van der Waals surface area contributed by atoms with Crippen molar-refractivity contribution >= 4 is 5.52 Å². The molecule has 90 valence electrons. The molecule has 0 aliphatic heterocycles. The van der Waals surface area contributed by atoms with Gasteiger partial charge in [0.1, 0.15) is 5.82 Å². The summed E-state index contributed by atoms with van der Waals surface area (Å²) >= 11 is 0. The van der Waals surface area contributed by atoms with Crippen LogP contribution in [0.15, 0.2) is 18.3 Å². The molecule has 2 aromatic rings. The van der Waals surface area contributed by atoms with Crippen molar-refractivity contribution in [2.45, 2.75) is 38.6 Å². The second-order valence-corrected chi connectivity index (χ2v) is 4.98. The summed E-state index contributed by atoms with van der Waals surface area (Å²) in [6.45, 7) is 3.02. The fourth-order valence-corrected chi connectivity index (χ4v) is 2.66. The Balaban J connectivity index is 2.19. The van der Waals surface area contributed by atoms with E-state index < -0.39 is 0 Å². The first-order valence-electron chi connectivity index (χ1n) is 6.42. The molecule has 0 bridgehead atoms. The highest BCUT2D eigenvalue weighted by molar-refractivity contribution is 5.59. The van der Waals surface area contributed by atoms with E-state index in [0.717, 1.165) is 6.54 Å². The molecule has 3 heteroatoms. The van der Waals surface area contributed by atoms with Crippen molar-refractivity contribution in [3.05, 3.63) is 35.4 Å². The zero-order valence-electron chi connectivity index (χ0n) is 10.5. The second kappa shape index (κ2) is 4.15. The van der Waals surface area contributed by atoms with Gasteiger partial charge in [-0.3, -0.25) is 0 Å². The lowest BCUT2D eigenvalue weighted by atomic mass is 9.85. The molecule has 0 radical (unpaired) electrons.